The molecule has 1 aromatic carbocycles. The summed E-state index contributed by atoms with van der Waals surface area (Å²) in [7, 11) is 1.50. The van der Waals surface area contributed by atoms with E-state index in [2.05, 4.69) is 22.2 Å². The Morgan fingerprint density at radius 2 is 2.00 bits per heavy atom. The predicted molar refractivity (Wildman–Crippen MR) is 115 cm³/mol. The molecule has 4 atom stereocenters. The minimum atomic E-state index is -4.32. The van der Waals surface area contributed by atoms with Crippen LogP contribution >= 0.6 is 0 Å². The molecule has 0 aliphatic heterocycles. The largest absolute Gasteiger partial charge is 0.395 e. The zero-order chi connectivity index (χ0) is 24.1. The molecule has 3 rings (SSSR count). The second-order valence-corrected chi connectivity index (χ2v) is 8.08. The van der Waals surface area contributed by atoms with Gasteiger partial charge in [0.2, 0.25) is 0 Å². The molecule has 0 spiro atoms. The first-order chi connectivity index (χ1) is 15.0. The number of rotatable bonds is 5. The van der Waals surface area contributed by atoms with Crippen LogP contribution in [0.3, 0.4) is 0 Å². The number of alkyl halides is 3. The van der Waals surface area contributed by atoms with E-state index < -0.39 is 23.6 Å². The lowest BCUT2D eigenvalue weighted by molar-refractivity contribution is -0.146. The molecule has 1 heterocycles. The average Bonchev–Trinajstić information content (AvgIpc) is 3.16. The summed E-state index contributed by atoms with van der Waals surface area (Å²) in [6.45, 7) is 2.80. The van der Waals surface area contributed by atoms with E-state index in [9.17, 15) is 28.3 Å². The highest BCUT2D eigenvalue weighted by Crippen LogP contribution is 2.39. The molecule has 0 amide bonds. The van der Waals surface area contributed by atoms with Crippen LogP contribution in [0.5, 0.6) is 0 Å². The quantitative estimate of drug-likeness (QED) is 0.584. The number of aromatic nitrogens is 2. The van der Waals surface area contributed by atoms with Crippen LogP contribution in [0.25, 0.3) is 0 Å². The Kier molecular flexibility index (Phi) is 8.04. The Bertz CT molecular complexity index is 948. The summed E-state index contributed by atoms with van der Waals surface area (Å²) >= 11 is 0. The van der Waals surface area contributed by atoms with Gasteiger partial charge in [0.05, 0.1) is 35.1 Å². The van der Waals surface area contributed by atoms with Crippen molar-refractivity contribution in [3.8, 4) is 6.07 Å². The standard InChI is InChI=1S/C21H23F3N4O2.CH5N/c1-13(21(22,23)24)14-3-5-17(6-4-14)26-19-16(12-29)11-28(27-19)18-7-8-20(2,30)9-15(18)10-25;1-2/h3-6,11-13,15,18,30H,7-9H2,1-2H3,(H,26,27);2H2,1H3/t13?,15?,18?,20-;/m1./s1. The van der Waals surface area contributed by atoms with Gasteiger partial charge in [-0.3, -0.25) is 9.48 Å². The van der Waals surface area contributed by atoms with Crippen molar-refractivity contribution >= 4 is 17.8 Å². The fourth-order valence-corrected chi connectivity index (χ4v) is 3.76. The SMILES string of the molecule is CC(c1ccc(Nc2nn(C3CC[C@@](C)(O)CC3C#N)cc2C=O)cc1)C(F)(F)F.CN. The van der Waals surface area contributed by atoms with Gasteiger partial charge in [0, 0.05) is 11.9 Å². The third-order valence-corrected chi connectivity index (χ3v) is 5.66. The number of nitriles is 1. The molecule has 1 aliphatic rings. The number of nitrogens with zero attached hydrogens (tertiary/aromatic N) is 3. The minimum Gasteiger partial charge on any atom is -0.390 e. The van der Waals surface area contributed by atoms with Crippen molar-refractivity contribution in [2.75, 3.05) is 12.4 Å². The maximum absolute atomic E-state index is 12.9. The van der Waals surface area contributed by atoms with Gasteiger partial charge in [-0.1, -0.05) is 12.1 Å². The minimum absolute atomic E-state index is 0.139. The number of halogens is 3. The van der Waals surface area contributed by atoms with Crippen molar-refractivity contribution in [1.29, 1.82) is 5.26 Å². The third-order valence-electron chi connectivity index (χ3n) is 5.66. The van der Waals surface area contributed by atoms with Crippen molar-refractivity contribution in [1.82, 2.24) is 9.78 Å². The maximum atomic E-state index is 12.9. The van der Waals surface area contributed by atoms with Crippen LogP contribution in [-0.4, -0.2) is 40.0 Å². The van der Waals surface area contributed by atoms with Gasteiger partial charge in [-0.25, -0.2) is 0 Å². The van der Waals surface area contributed by atoms with Crippen LogP contribution in [-0.2, 0) is 0 Å². The normalized spacial score (nSPS) is 24.0. The Morgan fingerprint density at radius 3 is 2.53 bits per heavy atom. The van der Waals surface area contributed by atoms with Crippen molar-refractivity contribution in [2.45, 2.75) is 56.8 Å². The van der Waals surface area contributed by atoms with Gasteiger partial charge in [-0.2, -0.15) is 23.5 Å². The second kappa shape index (κ2) is 10.1. The molecule has 1 aromatic heterocycles. The molecule has 0 saturated heterocycles. The molecule has 1 saturated carbocycles. The van der Waals surface area contributed by atoms with Crippen LogP contribution in [0.2, 0.25) is 0 Å². The second-order valence-electron chi connectivity index (χ2n) is 8.08. The third kappa shape index (κ3) is 5.87. The van der Waals surface area contributed by atoms with E-state index in [1.54, 1.807) is 17.8 Å². The van der Waals surface area contributed by atoms with E-state index in [-0.39, 0.29) is 23.0 Å². The van der Waals surface area contributed by atoms with E-state index in [4.69, 9.17) is 0 Å². The first kappa shape index (κ1) is 25.4. The lowest BCUT2D eigenvalue weighted by Gasteiger charge is -2.36. The monoisotopic (exact) mass is 451 g/mol. The molecule has 1 fully saturated rings. The molecule has 32 heavy (non-hydrogen) atoms. The molecule has 0 bridgehead atoms. The van der Waals surface area contributed by atoms with Crippen molar-refractivity contribution in [3.63, 3.8) is 0 Å². The number of nitrogens with one attached hydrogen (secondary N) is 1. The molecule has 2 aromatic rings. The number of aldehydes is 1. The molecular formula is C22H28F3N5O2. The van der Waals surface area contributed by atoms with Crippen LogP contribution in [0, 0.1) is 17.2 Å². The van der Waals surface area contributed by atoms with Crippen molar-refractivity contribution in [2.24, 2.45) is 11.7 Å². The Morgan fingerprint density at radius 1 is 1.38 bits per heavy atom. The number of nitrogens with two attached hydrogens (primary N) is 1. The number of aliphatic hydroxyl groups is 1. The van der Waals surface area contributed by atoms with E-state index in [0.29, 0.717) is 31.2 Å². The Balaban J connectivity index is 0.00000176. The molecule has 0 radical (unpaired) electrons. The molecule has 10 heteroatoms. The van der Waals surface area contributed by atoms with Gasteiger partial charge >= 0.3 is 6.18 Å². The Hall–Kier alpha value is -2.90. The van der Waals surface area contributed by atoms with Crippen LogP contribution < -0.4 is 11.1 Å². The average molecular weight is 451 g/mol. The first-order valence-electron chi connectivity index (χ1n) is 10.2. The lowest BCUT2D eigenvalue weighted by Crippen LogP contribution is -2.37. The van der Waals surface area contributed by atoms with E-state index in [0.717, 1.165) is 6.92 Å². The molecule has 4 N–H and O–H groups in total. The summed E-state index contributed by atoms with van der Waals surface area (Å²) in [6, 6.07) is 7.70. The number of carbonyl (C=O) groups excluding carboxylic acids is 1. The van der Waals surface area contributed by atoms with Gasteiger partial charge < -0.3 is 16.2 Å². The number of hydrogen-bond donors (Lipinski definition) is 3. The molecule has 7 nitrogen and oxygen atoms in total. The fourth-order valence-electron chi connectivity index (χ4n) is 3.76. The molecular weight excluding hydrogens is 423 g/mol. The lowest BCUT2D eigenvalue weighted by atomic mass is 9.77. The summed E-state index contributed by atoms with van der Waals surface area (Å²) in [5.41, 5.74) is 4.50. The van der Waals surface area contributed by atoms with Gasteiger partial charge in [0.25, 0.3) is 0 Å². The van der Waals surface area contributed by atoms with Gasteiger partial charge in [-0.15, -0.1) is 0 Å². The molecule has 174 valence electrons. The van der Waals surface area contributed by atoms with E-state index in [1.165, 1.54) is 31.3 Å². The number of hydrogen-bond acceptors (Lipinski definition) is 6. The predicted octanol–water partition coefficient (Wildman–Crippen LogP) is 4.30. The highest BCUT2D eigenvalue weighted by Gasteiger charge is 2.38. The zero-order valence-electron chi connectivity index (χ0n) is 18.2. The van der Waals surface area contributed by atoms with Gasteiger partial charge in [0.15, 0.2) is 12.1 Å². The summed E-state index contributed by atoms with van der Waals surface area (Å²) < 4.78 is 40.2. The first-order valence-corrected chi connectivity index (χ1v) is 10.2. The van der Waals surface area contributed by atoms with Gasteiger partial charge in [-0.05, 0) is 57.9 Å². The number of anilines is 2. The Labute approximate surface area is 185 Å². The summed E-state index contributed by atoms with van der Waals surface area (Å²) in [6.07, 6.45) is -0.786. The van der Waals surface area contributed by atoms with Crippen molar-refractivity contribution < 1.29 is 23.1 Å². The topological polar surface area (TPSA) is 117 Å². The highest BCUT2D eigenvalue weighted by molar-refractivity contribution is 5.83. The van der Waals surface area contributed by atoms with E-state index >= 15 is 0 Å². The van der Waals surface area contributed by atoms with Crippen LogP contribution in [0.15, 0.2) is 30.5 Å². The maximum Gasteiger partial charge on any atom is 0.395 e. The molecule has 3 unspecified atom stereocenters. The van der Waals surface area contributed by atoms with Crippen molar-refractivity contribution in [3.05, 3.63) is 41.6 Å². The van der Waals surface area contributed by atoms with Crippen LogP contribution in [0.1, 0.15) is 61.0 Å². The highest BCUT2D eigenvalue weighted by atomic mass is 19.4. The summed E-state index contributed by atoms with van der Waals surface area (Å²) in [4.78, 5) is 11.5. The van der Waals surface area contributed by atoms with E-state index in [1.807, 2.05) is 0 Å². The number of carbonyl (C=O) groups is 1. The summed E-state index contributed by atoms with van der Waals surface area (Å²) in [5, 5.41) is 27.1. The number of benzene rings is 1. The molecule has 1 aliphatic carbocycles. The summed E-state index contributed by atoms with van der Waals surface area (Å²) in [5.74, 6) is -1.78. The smallest absolute Gasteiger partial charge is 0.390 e. The zero-order valence-corrected chi connectivity index (χ0v) is 18.2. The van der Waals surface area contributed by atoms with Gasteiger partial charge in [0.1, 0.15) is 0 Å². The van der Waals surface area contributed by atoms with Crippen LogP contribution in [0.4, 0.5) is 24.7 Å². The fraction of sp³-hybridized carbons (Fsp3) is 0.500.